The van der Waals surface area contributed by atoms with Gasteiger partial charge in [0, 0.05) is 23.0 Å². The number of aromatic nitrogens is 3. The lowest BCUT2D eigenvalue weighted by molar-refractivity contribution is 0.423. The zero-order valence-electron chi connectivity index (χ0n) is 11.2. The quantitative estimate of drug-likeness (QED) is 0.924. The highest BCUT2D eigenvalue weighted by molar-refractivity contribution is 7.14. The van der Waals surface area contributed by atoms with Crippen LogP contribution in [-0.2, 0) is 6.54 Å². The lowest BCUT2D eigenvalue weighted by Crippen LogP contribution is -2.35. The van der Waals surface area contributed by atoms with Crippen molar-refractivity contribution in [3.8, 4) is 10.6 Å². The maximum atomic E-state index is 4.27. The number of aryl methyl sites for hydroxylation is 1. The van der Waals surface area contributed by atoms with Gasteiger partial charge in [-0.2, -0.15) is 0 Å². The van der Waals surface area contributed by atoms with Gasteiger partial charge in [-0.1, -0.05) is 11.3 Å². The molecular weight excluding hydrogens is 244 g/mol. The Kier molecular flexibility index (Phi) is 3.73. The average Bonchev–Trinajstić information content (AvgIpc) is 2.75. The van der Waals surface area contributed by atoms with Crippen LogP contribution in [0.2, 0.25) is 0 Å². The lowest BCUT2D eigenvalue weighted by atomic mass is 10.1. The normalized spacial score (nSPS) is 11.8. The maximum Gasteiger partial charge on any atom is 0.149 e. The molecule has 1 N–H and O–H groups in total. The minimum atomic E-state index is 0.0933. The van der Waals surface area contributed by atoms with Crippen LogP contribution in [0.25, 0.3) is 10.6 Å². The second-order valence-electron chi connectivity index (χ2n) is 5.24. The molecule has 0 radical (unpaired) electrons. The van der Waals surface area contributed by atoms with E-state index >= 15 is 0 Å². The van der Waals surface area contributed by atoms with Crippen molar-refractivity contribution in [2.24, 2.45) is 0 Å². The summed E-state index contributed by atoms with van der Waals surface area (Å²) < 4.78 is 0. The summed E-state index contributed by atoms with van der Waals surface area (Å²) in [7, 11) is 0. The number of hydrogen-bond donors (Lipinski definition) is 1. The molecule has 0 saturated carbocycles. The van der Waals surface area contributed by atoms with Crippen LogP contribution < -0.4 is 5.32 Å². The second kappa shape index (κ2) is 5.12. The summed E-state index contributed by atoms with van der Waals surface area (Å²) in [5, 5.41) is 13.8. The van der Waals surface area contributed by atoms with Gasteiger partial charge in [-0.3, -0.25) is 4.98 Å². The standard InChI is InChI=1S/C13H18N4S/c1-9-10(6-5-7-14-9)12-17-16-11(18-12)8-15-13(2,3)4/h5-7,15H,8H2,1-4H3. The summed E-state index contributed by atoms with van der Waals surface area (Å²) in [6, 6.07) is 3.96. The third-order valence-electron chi connectivity index (χ3n) is 2.47. The molecule has 2 aromatic heterocycles. The van der Waals surface area contributed by atoms with Crippen molar-refractivity contribution in [1.29, 1.82) is 0 Å². The van der Waals surface area contributed by atoms with E-state index < -0.39 is 0 Å². The van der Waals surface area contributed by atoms with E-state index in [2.05, 4.69) is 41.3 Å². The topological polar surface area (TPSA) is 50.7 Å². The van der Waals surface area contributed by atoms with Crippen LogP contribution in [0.4, 0.5) is 0 Å². The zero-order valence-corrected chi connectivity index (χ0v) is 12.0. The van der Waals surface area contributed by atoms with E-state index in [1.807, 2.05) is 19.1 Å². The number of pyridine rings is 1. The highest BCUT2D eigenvalue weighted by atomic mass is 32.1. The first-order valence-electron chi connectivity index (χ1n) is 5.95. The molecule has 4 nitrogen and oxygen atoms in total. The first kappa shape index (κ1) is 13.1. The van der Waals surface area contributed by atoms with E-state index in [0.29, 0.717) is 0 Å². The predicted octanol–water partition coefficient (Wildman–Crippen LogP) is 2.80. The Bertz CT molecular complexity index is 528. The Labute approximate surface area is 111 Å². The minimum Gasteiger partial charge on any atom is -0.306 e. The fourth-order valence-corrected chi connectivity index (χ4v) is 2.34. The maximum absolute atomic E-state index is 4.27. The van der Waals surface area contributed by atoms with Gasteiger partial charge in [0.15, 0.2) is 0 Å². The Balaban J connectivity index is 2.14. The third kappa shape index (κ3) is 3.34. The molecule has 0 spiro atoms. The monoisotopic (exact) mass is 262 g/mol. The fraction of sp³-hybridized carbons (Fsp3) is 0.462. The predicted molar refractivity (Wildman–Crippen MR) is 74.5 cm³/mol. The Morgan fingerprint density at radius 3 is 2.72 bits per heavy atom. The van der Waals surface area contributed by atoms with Gasteiger partial charge in [0.1, 0.15) is 10.0 Å². The molecule has 0 bridgehead atoms. The molecule has 0 aliphatic heterocycles. The van der Waals surface area contributed by atoms with E-state index in [0.717, 1.165) is 27.8 Å². The van der Waals surface area contributed by atoms with Crippen molar-refractivity contribution in [1.82, 2.24) is 20.5 Å². The van der Waals surface area contributed by atoms with Gasteiger partial charge in [0.05, 0.1) is 6.54 Å². The van der Waals surface area contributed by atoms with Crippen molar-refractivity contribution in [2.45, 2.75) is 39.8 Å². The van der Waals surface area contributed by atoms with Crippen LogP contribution >= 0.6 is 11.3 Å². The SMILES string of the molecule is Cc1ncccc1-c1nnc(CNC(C)(C)C)s1. The summed E-state index contributed by atoms with van der Waals surface area (Å²) in [5.41, 5.74) is 2.15. The summed E-state index contributed by atoms with van der Waals surface area (Å²) >= 11 is 1.62. The molecule has 18 heavy (non-hydrogen) atoms. The Morgan fingerprint density at radius 1 is 1.28 bits per heavy atom. The van der Waals surface area contributed by atoms with Gasteiger partial charge in [0.2, 0.25) is 0 Å². The molecule has 0 aliphatic carbocycles. The summed E-state index contributed by atoms with van der Waals surface area (Å²) in [6.07, 6.45) is 1.79. The molecule has 0 saturated heterocycles. The van der Waals surface area contributed by atoms with E-state index in [-0.39, 0.29) is 5.54 Å². The molecule has 0 unspecified atom stereocenters. The van der Waals surface area contributed by atoms with Gasteiger partial charge in [-0.15, -0.1) is 10.2 Å². The van der Waals surface area contributed by atoms with E-state index in [9.17, 15) is 0 Å². The molecule has 0 amide bonds. The van der Waals surface area contributed by atoms with E-state index in [1.54, 1.807) is 17.5 Å². The Morgan fingerprint density at radius 2 is 2.06 bits per heavy atom. The van der Waals surface area contributed by atoms with Crippen LogP contribution in [0, 0.1) is 6.92 Å². The molecule has 2 rings (SSSR count). The zero-order chi connectivity index (χ0) is 13.2. The first-order valence-corrected chi connectivity index (χ1v) is 6.77. The number of nitrogens with zero attached hydrogens (tertiary/aromatic N) is 3. The highest BCUT2D eigenvalue weighted by Gasteiger charge is 2.12. The smallest absolute Gasteiger partial charge is 0.149 e. The second-order valence-corrected chi connectivity index (χ2v) is 6.30. The average molecular weight is 262 g/mol. The van der Waals surface area contributed by atoms with Crippen molar-refractivity contribution in [3.05, 3.63) is 29.0 Å². The summed E-state index contributed by atoms with van der Waals surface area (Å²) in [4.78, 5) is 4.27. The number of nitrogens with one attached hydrogen (secondary N) is 1. The van der Waals surface area contributed by atoms with Crippen LogP contribution in [-0.4, -0.2) is 20.7 Å². The Hall–Kier alpha value is -1.33. The van der Waals surface area contributed by atoms with E-state index in [1.165, 1.54) is 0 Å². The van der Waals surface area contributed by atoms with Gasteiger partial charge in [0.25, 0.3) is 0 Å². The van der Waals surface area contributed by atoms with Gasteiger partial charge >= 0.3 is 0 Å². The summed E-state index contributed by atoms with van der Waals surface area (Å²) in [5.74, 6) is 0. The van der Waals surface area contributed by atoms with Crippen LogP contribution in [0.15, 0.2) is 18.3 Å². The molecule has 0 fully saturated rings. The largest absolute Gasteiger partial charge is 0.306 e. The van der Waals surface area contributed by atoms with E-state index in [4.69, 9.17) is 0 Å². The molecule has 0 atom stereocenters. The highest BCUT2D eigenvalue weighted by Crippen LogP contribution is 2.25. The van der Waals surface area contributed by atoms with Gasteiger partial charge in [-0.05, 0) is 39.8 Å². The molecule has 96 valence electrons. The lowest BCUT2D eigenvalue weighted by Gasteiger charge is -2.19. The molecule has 0 aromatic carbocycles. The van der Waals surface area contributed by atoms with Crippen molar-refractivity contribution in [2.75, 3.05) is 0 Å². The molecule has 2 heterocycles. The number of hydrogen-bond acceptors (Lipinski definition) is 5. The van der Waals surface area contributed by atoms with Gasteiger partial charge in [-0.25, -0.2) is 0 Å². The van der Waals surface area contributed by atoms with Crippen molar-refractivity contribution in [3.63, 3.8) is 0 Å². The fourth-order valence-electron chi connectivity index (χ4n) is 1.48. The van der Waals surface area contributed by atoms with Crippen LogP contribution in [0.3, 0.4) is 0 Å². The van der Waals surface area contributed by atoms with Crippen LogP contribution in [0.1, 0.15) is 31.5 Å². The molecule has 2 aromatic rings. The molecule has 0 aliphatic rings. The molecule has 5 heteroatoms. The number of rotatable bonds is 3. The van der Waals surface area contributed by atoms with Crippen molar-refractivity contribution < 1.29 is 0 Å². The van der Waals surface area contributed by atoms with Crippen LogP contribution in [0.5, 0.6) is 0 Å². The third-order valence-corrected chi connectivity index (χ3v) is 3.43. The first-order chi connectivity index (χ1) is 8.46. The minimum absolute atomic E-state index is 0.0933. The summed E-state index contributed by atoms with van der Waals surface area (Å²) in [6.45, 7) is 9.16. The van der Waals surface area contributed by atoms with Gasteiger partial charge < -0.3 is 5.32 Å². The molecular formula is C13H18N4S. The van der Waals surface area contributed by atoms with Crippen molar-refractivity contribution >= 4 is 11.3 Å².